The fraction of sp³-hybridized carbons (Fsp3) is 0.200. The van der Waals surface area contributed by atoms with Crippen LogP contribution in [0.4, 0.5) is 4.39 Å². The molecule has 0 saturated carbocycles. The lowest BCUT2D eigenvalue weighted by molar-refractivity contribution is 0.0526. The van der Waals surface area contributed by atoms with Crippen molar-refractivity contribution in [1.82, 2.24) is 14.3 Å². The smallest absolute Gasteiger partial charge is 0.338 e. The standard InChI is InChI=1S/C20H20FN3O4S/c1-3-28-20(25)14-8-10-15(11-9-14)29(26,27)23-18(19-22-12-13-24(19)2)16-6-4-5-7-17(16)21/h4-13,18,23H,3H2,1-2H3. The van der Waals surface area contributed by atoms with E-state index in [1.165, 1.54) is 48.7 Å². The Labute approximate surface area is 168 Å². The number of nitrogens with one attached hydrogen (secondary N) is 1. The molecule has 2 aromatic carbocycles. The van der Waals surface area contributed by atoms with Crippen LogP contribution in [0.15, 0.2) is 65.8 Å². The van der Waals surface area contributed by atoms with E-state index in [0.717, 1.165) is 0 Å². The first-order valence-electron chi connectivity index (χ1n) is 8.84. The van der Waals surface area contributed by atoms with Crippen molar-refractivity contribution in [2.24, 2.45) is 7.05 Å². The number of aromatic nitrogens is 2. The number of hydrogen-bond donors (Lipinski definition) is 1. The van der Waals surface area contributed by atoms with E-state index < -0.39 is 27.9 Å². The second-order valence-corrected chi connectivity index (χ2v) is 7.93. The molecule has 1 heterocycles. The molecule has 0 amide bonds. The van der Waals surface area contributed by atoms with E-state index in [4.69, 9.17) is 4.74 Å². The van der Waals surface area contributed by atoms with E-state index in [1.807, 2.05) is 0 Å². The Morgan fingerprint density at radius 2 is 1.90 bits per heavy atom. The summed E-state index contributed by atoms with van der Waals surface area (Å²) in [6.45, 7) is 1.90. The molecule has 9 heteroatoms. The average Bonchev–Trinajstić information content (AvgIpc) is 3.13. The average molecular weight is 417 g/mol. The molecule has 29 heavy (non-hydrogen) atoms. The first kappa shape index (κ1) is 20.7. The molecule has 1 unspecified atom stereocenters. The van der Waals surface area contributed by atoms with Gasteiger partial charge in [0.05, 0.1) is 17.1 Å². The van der Waals surface area contributed by atoms with Gasteiger partial charge >= 0.3 is 5.97 Å². The number of rotatable bonds is 7. The Bertz CT molecular complexity index is 1110. The lowest BCUT2D eigenvalue weighted by Crippen LogP contribution is -2.31. The van der Waals surface area contributed by atoms with Crippen molar-refractivity contribution in [2.75, 3.05) is 6.61 Å². The second kappa shape index (κ2) is 8.54. The van der Waals surface area contributed by atoms with Crippen LogP contribution in [-0.4, -0.2) is 30.5 Å². The van der Waals surface area contributed by atoms with Gasteiger partial charge in [-0.1, -0.05) is 18.2 Å². The zero-order valence-electron chi connectivity index (χ0n) is 15.9. The van der Waals surface area contributed by atoms with Gasteiger partial charge in [-0.25, -0.2) is 22.6 Å². The van der Waals surface area contributed by atoms with Crippen molar-refractivity contribution in [3.8, 4) is 0 Å². The number of carbonyl (C=O) groups excluding carboxylic acids is 1. The number of halogens is 1. The van der Waals surface area contributed by atoms with E-state index in [2.05, 4.69) is 9.71 Å². The van der Waals surface area contributed by atoms with Crippen LogP contribution in [0.25, 0.3) is 0 Å². The maximum absolute atomic E-state index is 14.4. The van der Waals surface area contributed by atoms with Crippen LogP contribution in [0.1, 0.15) is 34.7 Å². The summed E-state index contributed by atoms with van der Waals surface area (Å²) in [7, 11) is -2.35. The minimum Gasteiger partial charge on any atom is -0.462 e. The third kappa shape index (κ3) is 4.52. The van der Waals surface area contributed by atoms with Gasteiger partial charge in [0, 0.05) is 25.0 Å². The van der Waals surface area contributed by atoms with Crippen molar-refractivity contribution in [2.45, 2.75) is 17.9 Å². The summed E-state index contributed by atoms with van der Waals surface area (Å²) in [4.78, 5) is 15.9. The molecule has 0 aliphatic rings. The highest BCUT2D eigenvalue weighted by Gasteiger charge is 2.27. The number of imidazole rings is 1. The van der Waals surface area contributed by atoms with Crippen LogP contribution in [0.2, 0.25) is 0 Å². The largest absolute Gasteiger partial charge is 0.462 e. The molecule has 0 saturated heterocycles. The van der Waals surface area contributed by atoms with Gasteiger partial charge < -0.3 is 9.30 Å². The monoisotopic (exact) mass is 417 g/mol. The van der Waals surface area contributed by atoms with Crippen molar-refractivity contribution >= 4 is 16.0 Å². The van der Waals surface area contributed by atoms with Gasteiger partial charge in [0.1, 0.15) is 17.7 Å². The number of aryl methyl sites for hydroxylation is 1. The Morgan fingerprint density at radius 3 is 2.48 bits per heavy atom. The number of esters is 1. The van der Waals surface area contributed by atoms with Gasteiger partial charge in [0.15, 0.2) is 0 Å². The van der Waals surface area contributed by atoms with Gasteiger partial charge in [0.25, 0.3) is 0 Å². The van der Waals surface area contributed by atoms with Crippen molar-refractivity contribution in [3.05, 3.63) is 83.7 Å². The number of carbonyl (C=O) groups is 1. The molecule has 0 aliphatic carbocycles. The van der Waals surface area contributed by atoms with E-state index in [1.54, 1.807) is 30.8 Å². The maximum Gasteiger partial charge on any atom is 0.338 e. The third-order valence-corrected chi connectivity index (χ3v) is 5.72. The molecule has 7 nitrogen and oxygen atoms in total. The summed E-state index contributed by atoms with van der Waals surface area (Å²) in [5.41, 5.74) is 0.383. The number of sulfonamides is 1. The first-order valence-corrected chi connectivity index (χ1v) is 10.3. The fourth-order valence-corrected chi connectivity index (χ4v) is 4.00. The summed E-state index contributed by atoms with van der Waals surface area (Å²) in [6, 6.07) is 10.2. The Hall–Kier alpha value is -3.04. The van der Waals surface area contributed by atoms with E-state index in [0.29, 0.717) is 5.82 Å². The highest BCUT2D eigenvalue weighted by molar-refractivity contribution is 7.89. The molecule has 3 rings (SSSR count). The summed E-state index contributed by atoms with van der Waals surface area (Å²) in [6.07, 6.45) is 3.15. The van der Waals surface area contributed by atoms with E-state index in [9.17, 15) is 17.6 Å². The number of hydrogen-bond acceptors (Lipinski definition) is 5. The van der Waals surface area contributed by atoms with Crippen molar-refractivity contribution in [1.29, 1.82) is 0 Å². The van der Waals surface area contributed by atoms with Gasteiger partial charge in [-0.3, -0.25) is 0 Å². The fourth-order valence-electron chi connectivity index (χ4n) is 2.83. The van der Waals surface area contributed by atoms with Crippen LogP contribution >= 0.6 is 0 Å². The second-order valence-electron chi connectivity index (χ2n) is 6.22. The van der Waals surface area contributed by atoms with Gasteiger partial charge in [-0.2, -0.15) is 4.72 Å². The summed E-state index contributed by atoms with van der Waals surface area (Å²) in [5, 5.41) is 0. The normalized spacial score (nSPS) is 12.5. The molecule has 0 fully saturated rings. The van der Waals surface area contributed by atoms with Crippen LogP contribution in [0.3, 0.4) is 0 Å². The molecule has 0 bridgehead atoms. The molecular formula is C20H20FN3O4S. The summed E-state index contributed by atoms with van der Waals surface area (Å²) < 4.78 is 49.4. The number of nitrogens with zero attached hydrogens (tertiary/aromatic N) is 2. The third-order valence-electron chi connectivity index (χ3n) is 4.28. The zero-order valence-corrected chi connectivity index (χ0v) is 16.7. The molecule has 1 N–H and O–H groups in total. The lowest BCUT2D eigenvalue weighted by atomic mass is 10.1. The van der Waals surface area contributed by atoms with Crippen LogP contribution in [0, 0.1) is 5.82 Å². The molecule has 3 aromatic rings. The molecule has 1 atom stereocenters. The molecule has 1 aromatic heterocycles. The van der Waals surface area contributed by atoms with Gasteiger partial charge in [-0.15, -0.1) is 0 Å². The maximum atomic E-state index is 14.4. The summed E-state index contributed by atoms with van der Waals surface area (Å²) in [5.74, 6) is -0.760. The van der Waals surface area contributed by atoms with Crippen LogP contribution in [-0.2, 0) is 21.8 Å². The molecule has 0 aliphatic heterocycles. The number of ether oxygens (including phenoxy) is 1. The summed E-state index contributed by atoms with van der Waals surface area (Å²) >= 11 is 0. The Kier molecular flexibility index (Phi) is 6.09. The molecule has 0 radical (unpaired) electrons. The first-order chi connectivity index (χ1) is 13.8. The predicted molar refractivity (Wildman–Crippen MR) is 104 cm³/mol. The molecule has 0 spiro atoms. The minimum absolute atomic E-state index is 0.0684. The van der Waals surface area contributed by atoms with Gasteiger partial charge in [0.2, 0.25) is 10.0 Å². The van der Waals surface area contributed by atoms with Crippen LogP contribution in [0.5, 0.6) is 0 Å². The number of benzene rings is 2. The quantitative estimate of drug-likeness (QED) is 0.597. The van der Waals surface area contributed by atoms with E-state index >= 15 is 0 Å². The predicted octanol–water partition coefficient (Wildman–Crippen LogP) is 2.80. The zero-order chi connectivity index (χ0) is 21.0. The Balaban J connectivity index is 1.96. The lowest BCUT2D eigenvalue weighted by Gasteiger charge is -2.20. The molecular weight excluding hydrogens is 397 g/mol. The van der Waals surface area contributed by atoms with Crippen molar-refractivity contribution in [3.63, 3.8) is 0 Å². The topological polar surface area (TPSA) is 90.3 Å². The van der Waals surface area contributed by atoms with Gasteiger partial charge in [-0.05, 0) is 37.3 Å². The SMILES string of the molecule is CCOC(=O)c1ccc(S(=O)(=O)NC(c2ccccc2F)c2nccn2C)cc1. The highest BCUT2D eigenvalue weighted by atomic mass is 32.2. The van der Waals surface area contributed by atoms with Crippen LogP contribution < -0.4 is 4.72 Å². The minimum atomic E-state index is -4.04. The molecule has 152 valence electrons. The van der Waals surface area contributed by atoms with Crippen molar-refractivity contribution < 1.29 is 22.3 Å². The Morgan fingerprint density at radius 1 is 1.21 bits per heavy atom. The van der Waals surface area contributed by atoms with E-state index in [-0.39, 0.29) is 22.6 Å². The highest BCUT2D eigenvalue weighted by Crippen LogP contribution is 2.25.